The quantitative estimate of drug-likeness (QED) is 0.719. The molecule has 5 heteroatoms. The lowest BCUT2D eigenvalue weighted by Crippen LogP contribution is -1.86. The van der Waals surface area contributed by atoms with Gasteiger partial charge in [0.2, 0.25) is 0 Å². The van der Waals surface area contributed by atoms with Crippen LogP contribution in [0, 0.1) is 0 Å². The SMILES string of the molecule is Nc1ccc2nc(Oc3cccc(CO)c3)sc2c1. The van der Waals surface area contributed by atoms with Crippen LogP contribution in [0.25, 0.3) is 10.2 Å². The maximum absolute atomic E-state index is 9.09. The molecule has 3 rings (SSSR count). The lowest BCUT2D eigenvalue weighted by Gasteiger charge is -2.02. The lowest BCUT2D eigenvalue weighted by molar-refractivity contribution is 0.281. The van der Waals surface area contributed by atoms with Crippen LogP contribution in [0.2, 0.25) is 0 Å². The standard InChI is InChI=1S/C14H12N2O2S/c15-10-4-5-12-13(7-10)19-14(16-12)18-11-3-1-2-9(6-11)8-17/h1-7,17H,8,15H2. The third kappa shape index (κ3) is 2.52. The summed E-state index contributed by atoms with van der Waals surface area (Å²) in [6.45, 7) is -0.00637. The molecule has 0 saturated carbocycles. The van der Waals surface area contributed by atoms with Gasteiger partial charge in [0.25, 0.3) is 5.19 Å². The molecule has 1 heterocycles. The van der Waals surface area contributed by atoms with Crippen LogP contribution >= 0.6 is 11.3 Å². The van der Waals surface area contributed by atoms with Crippen molar-refractivity contribution in [2.24, 2.45) is 0 Å². The number of fused-ring (bicyclic) bond motifs is 1. The van der Waals surface area contributed by atoms with Crippen LogP contribution < -0.4 is 10.5 Å². The Labute approximate surface area is 114 Å². The molecular weight excluding hydrogens is 260 g/mol. The molecule has 0 amide bonds. The van der Waals surface area contributed by atoms with Crippen molar-refractivity contribution >= 4 is 27.2 Å². The summed E-state index contributed by atoms with van der Waals surface area (Å²) in [5, 5.41) is 9.66. The second-order valence-electron chi connectivity index (χ2n) is 4.11. The van der Waals surface area contributed by atoms with E-state index in [0.717, 1.165) is 15.8 Å². The molecule has 0 spiro atoms. The first kappa shape index (κ1) is 12.0. The number of aromatic nitrogens is 1. The van der Waals surface area contributed by atoms with Crippen molar-refractivity contribution in [3.05, 3.63) is 48.0 Å². The fourth-order valence-corrected chi connectivity index (χ4v) is 2.66. The summed E-state index contributed by atoms with van der Waals surface area (Å²) < 4.78 is 6.69. The average Bonchev–Trinajstić information content (AvgIpc) is 2.80. The van der Waals surface area contributed by atoms with Gasteiger partial charge in [0.1, 0.15) is 5.75 Å². The molecule has 0 aliphatic heterocycles. The first-order valence-corrected chi connectivity index (χ1v) is 6.60. The van der Waals surface area contributed by atoms with Gasteiger partial charge in [0.15, 0.2) is 0 Å². The Morgan fingerprint density at radius 2 is 2.11 bits per heavy atom. The van der Waals surface area contributed by atoms with Crippen LogP contribution in [0.15, 0.2) is 42.5 Å². The minimum absolute atomic E-state index is 0.00637. The zero-order valence-corrected chi connectivity index (χ0v) is 10.9. The highest BCUT2D eigenvalue weighted by Gasteiger charge is 2.06. The van der Waals surface area contributed by atoms with E-state index in [1.54, 1.807) is 6.07 Å². The third-order valence-corrected chi connectivity index (χ3v) is 3.58. The summed E-state index contributed by atoms with van der Waals surface area (Å²) >= 11 is 1.44. The molecule has 0 unspecified atom stereocenters. The van der Waals surface area contributed by atoms with E-state index in [9.17, 15) is 0 Å². The zero-order valence-electron chi connectivity index (χ0n) is 10.0. The molecule has 0 aliphatic rings. The minimum atomic E-state index is -0.00637. The predicted molar refractivity (Wildman–Crippen MR) is 76.5 cm³/mol. The highest BCUT2D eigenvalue weighted by molar-refractivity contribution is 7.20. The first-order valence-electron chi connectivity index (χ1n) is 5.78. The fourth-order valence-electron chi connectivity index (χ4n) is 1.77. The highest BCUT2D eigenvalue weighted by atomic mass is 32.1. The number of nitrogen functional groups attached to an aromatic ring is 1. The molecule has 0 aliphatic carbocycles. The van der Waals surface area contributed by atoms with E-state index >= 15 is 0 Å². The second kappa shape index (κ2) is 4.87. The monoisotopic (exact) mass is 272 g/mol. The average molecular weight is 272 g/mol. The van der Waals surface area contributed by atoms with Crippen molar-refractivity contribution < 1.29 is 9.84 Å². The molecule has 0 fully saturated rings. The Balaban J connectivity index is 1.92. The van der Waals surface area contributed by atoms with Crippen molar-refractivity contribution in [3.63, 3.8) is 0 Å². The Bertz CT molecular complexity index is 724. The number of aliphatic hydroxyl groups is 1. The van der Waals surface area contributed by atoms with Gasteiger partial charge < -0.3 is 15.6 Å². The van der Waals surface area contributed by atoms with Crippen molar-refractivity contribution in [2.45, 2.75) is 6.61 Å². The Hall–Kier alpha value is -2.11. The van der Waals surface area contributed by atoms with Gasteiger partial charge in [-0.15, -0.1) is 0 Å². The van der Waals surface area contributed by atoms with E-state index in [0.29, 0.717) is 16.6 Å². The molecular formula is C14H12N2O2S. The van der Waals surface area contributed by atoms with E-state index < -0.39 is 0 Å². The van der Waals surface area contributed by atoms with E-state index in [1.807, 2.05) is 36.4 Å². The first-order chi connectivity index (χ1) is 9.24. The van der Waals surface area contributed by atoms with Gasteiger partial charge in [0, 0.05) is 5.69 Å². The lowest BCUT2D eigenvalue weighted by atomic mass is 10.2. The van der Waals surface area contributed by atoms with Crippen LogP contribution in [0.4, 0.5) is 5.69 Å². The van der Waals surface area contributed by atoms with Gasteiger partial charge in [-0.2, -0.15) is 0 Å². The van der Waals surface area contributed by atoms with E-state index in [4.69, 9.17) is 15.6 Å². The molecule has 4 nitrogen and oxygen atoms in total. The Morgan fingerprint density at radius 3 is 2.95 bits per heavy atom. The largest absolute Gasteiger partial charge is 0.431 e. The van der Waals surface area contributed by atoms with Crippen molar-refractivity contribution in [3.8, 4) is 10.9 Å². The highest BCUT2D eigenvalue weighted by Crippen LogP contribution is 2.32. The van der Waals surface area contributed by atoms with E-state index in [-0.39, 0.29) is 6.61 Å². The normalized spacial score (nSPS) is 10.8. The number of rotatable bonds is 3. The summed E-state index contributed by atoms with van der Waals surface area (Å²) in [5.74, 6) is 0.665. The molecule has 1 aromatic heterocycles. The van der Waals surface area contributed by atoms with Crippen LogP contribution in [0.3, 0.4) is 0 Å². The number of nitrogens with zero attached hydrogens (tertiary/aromatic N) is 1. The van der Waals surface area contributed by atoms with E-state index in [1.165, 1.54) is 11.3 Å². The molecule has 0 bridgehead atoms. The number of nitrogens with two attached hydrogens (primary N) is 1. The number of anilines is 1. The fraction of sp³-hybridized carbons (Fsp3) is 0.0714. The van der Waals surface area contributed by atoms with Crippen molar-refractivity contribution in [2.75, 3.05) is 5.73 Å². The zero-order chi connectivity index (χ0) is 13.2. The molecule has 96 valence electrons. The number of aliphatic hydroxyl groups excluding tert-OH is 1. The van der Waals surface area contributed by atoms with Crippen LogP contribution in [-0.2, 0) is 6.61 Å². The maximum atomic E-state index is 9.09. The maximum Gasteiger partial charge on any atom is 0.279 e. The van der Waals surface area contributed by atoms with Gasteiger partial charge in [-0.05, 0) is 35.9 Å². The molecule has 0 atom stereocenters. The van der Waals surface area contributed by atoms with Gasteiger partial charge in [0.05, 0.1) is 16.8 Å². The Kier molecular flexibility index (Phi) is 3.06. The summed E-state index contributed by atoms with van der Waals surface area (Å²) in [7, 11) is 0. The number of hydrogen-bond acceptors (Lipinski definition) is 5. The molecule has 3 aromatic rings. The van der Waals surface area contributed by atoms with Crippen LogP contribution in [0.5, 0.6) is 10.9 Å². The predicted octanol–water partition coefficient (Wildman–Crippen LogP) is 3.16. The van der Waals surface area contributed by atoms with E-state index in [2.05, 4.69) is 4.98 Å². The molecule has 0 saturated heterocycles. The molecule has 2 aromatic carbocycles. The summed E-state index contributed by atoms with van der Waals surface area (Å²) in [5.41, 5.74) is 8.12. The smallest absolute Gasteiger partial charge is 0.279 e. The minimum Gasteiger partial charge on any atom is -0.431 e. The molecule has 3 N–H and O–H groups in total. The molecule has 0 radical (unpaired) electrons. The topological polar surface area (TPSA) is 68.4 Å². The van der Waals surface area contributed by atoms with Gasteiger partial charge in [-0.3, -0.25) is 0 Å². The third-order valence-electron chi connectivity index (χ3n) is 2.68. The molecule has 19 heavy (non-hydrogen) atoms. The summed E-state index contributed by atoms with van der Waals surface area (Å²) in [4.78, 5) is 4.38. The van der Waals surface area contributed by atoms with Crippen molar-refractivity contribution in [1.82, 2.24) is 4.98 Å². The number of benzene rings is 2. The van der Waals surface area contributed by atoms with Crippen LogP contribution in [-0.4, -0.2) is 10.1 Å². The van der Waals surface area contributed by atoms with Gasteiger partial charge in [-0.1, -0.05) is 23.5 Å². The summed E-state index contributed by atoms with van der Waals surface area (Å²) in [6.07, 6.45) is 0. The second-order valence-corrected chi connectivity index (χ2v) is 5.11. The summed E-state index contributed by atoms with van der Waals surface area (Å²) in [6, 6.07) is 12.9. The number of hydrogen-bond donors (Lipinski definition) is 2. The van der Waals surface area contributed by atoms with Crippen LogP contribution in [0.1, 0.15) is 5.56 Å². The Morgan fingerprint density at radius 1 is 1.21 bits per heavy atom. The van der Waals surface area contributed by atoms with Gasteiger partial charge >= 0.3 is 0 Å². The van der Waals surface area contributed by atoms with Crippen molar-refractivity contribution in [1.29, 1.82) is 0 Å². The number of thiazole rings is 1. The number of ether oxygens (including phenoxy) is 1. The van der Waals surface area contributed by atoms with Gasteiger partial charge in [-0.25, -0.2) is 4.98 Å².